The first-order valence-electron chi connectivity index (χ1n) is 5.55. The molecule has 3 heteroatoms. The first-order valence-corrected chi connectivity index (χ1v) is 6.09. The van der Waals surface area contributed by atoms with Gasteiger partial charge in [-0.2, -0.15) is 0 Å². The monoisotopic (exact) mass is 240 g/mol. The molecule has 0 bridgehead atoms. The largest absolute Gasteiger partial charge is 0.481 e. The minimum Gasteiger partial charge on any atom is -0.481 e. The molecule has 88 valence electrons. The maximum absolute atomic E-state index is 10.6. The third kappa shape index (κ3) is 3.86. The molecule has 0 atom stereocenters. The molecule has 1 aromatic rings. The predicted molar refractivity (Wildman–Crippen MR) is 66.2 cm³/mol. The van der Waals surface area contributed by atoms with Crippen molar-refractivity contribution in [2.75, 3.05) is 5.88 Å². The second kappa shape index (κ2) is 6.54. The van der Waals surface area contributed by atoms with E-state index >= 15 is 0 Å². The molecule has 0 saturated carbocycles. The highest BCUT2D eigenvalue weighted by atomic mass is 35.5. The standard InChI is InChI=1S/C13H17ClO2/c1-2-11-8-10(9-13(15)16)5-6-12(11)4-3-7-14/h5-6,8H,2-4,7,9H2,1H3,(H,15,16). The van der Waals surface area contributed by atoms with E-state index in [0.717, 1.165) is 24.8 Å². The number of halogens is 1. The highest BCUT2D eigenvalue weighted by Crippen LogP contribution is 2.15. The Morgan fingerprint density at radius 3 is 2.69 bits per heavy atom. The van der Waals surface area contributed by atoms with Crippen molar-refractivity contribution in [3.8, 4) is 0 Å². The van der Waals surface area contributed by atoms with Gasteiger partial charge in [0.2, 0.25) is 0 Å². The zero-order chi connectivity index (χ0) is 12.0. The molecule has 1 aromatic carbocycles. The quantitative estimate of drug-likeness (QED) is 0.776. The van der Waals surface area contributed by atoms with E-state index in [-0.39, 0.29) is 6.42 Å². The summed E-state index contributed by atoms with van der Waals surface area (Å²) in [5, 5.41) is 8.72. The molecule has 0 aliphatic rings. The van der Waals surface area contributed by atoms with Crippen LogP contribution >= 0.6 is 11.6 Å². The van der Waals surface area contributed by atoms with E-state index in [4.69, 9.17) is 16.7 Å². The summed E-state index contributed by atoms with van der Waals surface area (Å²) < 4.78 is 0. The maximum atomic E-state index is 10.6. The number of hydrogen-bond donors (Lipinski definition) is 1. The molecule has 16 heavy (non-hydrogen) atoms. The molecule has 0 aromatic heterocycles. The van der Waals surface area contributed by atoms with E-state index < -0.39 is 5.97 Å². The van der Waals surface area contributed by atoms with Crippen molar-refractivity contribution in [1.29, 1.82) is 0 Å². The minimum atomic E-state index is -0.782. The SMILES string of the molecule is CCc1cc(CC(=O)O)ccc1CCCCl. The molecule has 0 amide bonds. The Kier molecular flexibility index (Phi) is 5.33. The van der Waals surface area contributed by atoms with Crippen LogP contribution in [-0.4, -0.2) is 17.0 Å². The van der Waals surface area contributed by atoms with Gasteiger partial charge in [0.25, 0.3) is 0 Å². The molecule has 0 fully saturated rings. The first kappa shape index (κ1) is 13.0. The van der Waals surface area contributed by atoms with Crippen LogP contribution in [0.3, 0.4) is 0 Å². The van der Waals surface area contributed by atoms with E-state index in [0.29, 0.717) is 5.88 Å². The van der Waals surface area contributed by atoms with Crippen LogP contribution in [0.25, 0.3) is 0 Å². The topological polar surface area (TPSA) is 37.3 Å². The van der Waals surface area contributed by atoms with Crippen molar-refractivity contribution >= 4 is 17.6 Å². The van der Waals surface area contributed by atoms with E-state index in [1.54, 1.807) is 0 Å². The van der Waals surface area contributed by atoms with Gasteiger partial charge in [-0.05, 0) is 36.0 Å². The van der Waals surface area contributed by atoms with Gasteiger partial charge in [-0.15, -0.1) is 11.6 Å². The van der Waals surface area contributed by atoms with Gasteiger partial charge >= 0.3 is 5.97 Å². The summed E-state index contributed by atoms with van der Waals surface area (Å²) in [6, 6.07) is 5.93. The number of rotatable bonds is 6. The van der Waals surface area contributed by atoms with Crippen LogP contribution in [-0.2, 0) is 24.1 Å². The highest BCUT2D eigenvalue weighted by molar-refractivity contribution is 6.17. The summed E-state index contributed by atoms with van der Waals surface area (Å²) in [6.45, 7) is 2.09. The smallest absolute Gasteiger partial charge is 0.307 e. The molecular weight excluding hydrogens is 224 g/mol. The fourth-order valence-electron chi connectivity index (χ4n) is 1.79. The fraction of sp³-hybridized carbons (Fsp3) is 0.462. The average molecular weight is 241 g/mol. The molecule has 0 aliphatic heterocycles. The summed E-state index contributed by atoms with van der Waals surface area (Å²) in [5.74, 6) is -0.115. The third-order valence-corrected chi connectivity index (χ3v) is 2.85. The van der Waals surface area contributed by atoms with Crippen molar-refractivity contribution in [2.24, 2.45) is 0 Å². The zero-order valence-electron chi connectivity index (χ0n) is 9.50. The highest BCUT2D eigenvalue weighted by Gasteiger charge is 2.05. The van der Waals surface area contributed by atoms with Gasteiger partial charge in [0, 0.05) is 5.88 Å². The molecular formula is C13H17ClO2. The van der Waals surface area contributed by atoms with Crippen molar-refractivity contribution in [3.63, 3.8) is 0 Å². The van der Waals surface area contributed by atoms with Crippen LogP contribution in [0, 0.1) is 0 Å². The maximum Gasteiger partial charge on any atom is 0.307 e. The van der Waals surface area contributed by atoms with Crippen LogP contribution in [0.1, 0.15) is 30.0 Å². The van der Waals surface area contributed by atoms with Crippen molar-refractivity contribution in [3.05, 3.63) is 34.9 Å². The predicted octanol–water partition coefficient (Wildman–Crippen LogP) is 3.05. The Balaban J connectivity index is 2.83. The summed E-state index contributed by atoms with van der Waals surface area (Å²) >= 11 is 5.67. The third-order valence-electron chi connectivity index (χ3n) is 2.59. The van der Waals surface area contributed by atoms with Crippen LogP contribution in [0.5, 0.6) is 0 Å². The summed E-state index contributed by atoms with van der Waals surface area (Å²) in [4.78, 5) is 10.6. The molecule has 0 heterocycles. The Hall–Kier alpha value is -1.02. The number of alkyl halides is 1. The molecule has 0 aliphatic carbocycles. The minimum absolute atomic E-state index is 0.1000. The van der Waals surface area contributed by atoms with E-state index in [1.165, 1.54) is 11.1 Å². The van der Waals surface area contributed by atoms with Gasteiger partial charge in [0.15, 0.2) is 0 Å². The Labute approximate surface area is 101 Å². The Morgan fingerprint density at radius 1 is 1.38 bits per heavy atom. The molecule has 0 radical (unpaired) electrons. The lowest BCUT2D eigenvalue weighted by Crippen LogP contribution is -2.02. The molecule has 0 spiro atoms. The van der Waals surface area contributed by atoms with Gasteiger partial charge < -0.3 is 5.11 Å². The van der Waals surface area contributed by atoms with Crippen LogP contribution in [0.2, 0.25) is 0 Å². The first-order chi connectivity index (χ1) is 7.67. The van der Waals surface area contributed by atoms with Crippen molar-refractivity contribution in [1.82, 2.24) is 0 Å². The summed E-state index contributed by atoms with van der Waals surface area (Å²) in [7, 11) is 0. The Morgan fingerprint density at radius 2 is 2.12 bits per heavy atom. The Bertz CT molecular complexity index is 361. The zero-order valence-corrected chi connectivity index (χ0v) is 10.3. The lowest BCUT2D eigenvalue weighted by Gasteiger charge is -2.09. The summed E-state index contributed by atoms with van der Waals surface area (Å²) in [5.41, 5.74) is 3.40. The van der Waals surface area contributed by atoms with E-state index in [2.05, 4.69) is 6.92 Å². The fourth-order valence-corrected chi connectivity index (χ4v) is 1.93. The molecule has 1 rings (SSSR count). The number of benzene rings is 1. The van der Waals surface area contributed by atoms with Crippen LogP contribution < -0.4 is 0 Å². The lowest BCUT2D eigenvalue weighted by atomic mass is 9.97. The molecule has 2 nitrogen and oxygen atoms in total. The normalized spacial score (nSPS) is 10.4. The number of carboxylic acids is 1. The molecule has 1 N–H and O–H groups in total. The van der Waals surface area contributed by atoms with Gasteiger partial charge in [0.05, 0.1) is 6.42 Å². The number of aliphatic carboxylic acids is 1. The van der Waals surface area contributed by atoms with Crippen molar-refractivity contribution in [2.45, 2.75) is 32.6 Å². The van der Waals surface area contributed by atoms with Gasteiger partial charge in [-0.25, -0.2) is 0 Å². The second-order valence-electron chi connectivity index (χ2n) is 3.82. The number of aryl methyl sites for hydroxylation is 2. The number of carboxylic acid groups (broad SMARTS) is 1. The van der Waals surface area contributed by atoms with E-state index in [9.17, 15) is 4.79 Å². The molecule has 0 unspecified atom stereocenters. The molecule has 0 saturated heterocycles. The van der Waals surface area contributed by atoms with Crippen LogP contribution in [0.4, 0.5) is 0 Å². The average Bonchev–Trinajstić information content (AvgIpc) is 2.26. The van der Waals surface area contributed by atoms with Gasteiger partial charge in [-0.1, -0.05) is 25.1 Å². The van der Waals surface area contributed by atoms with Crippen molar-refractivity contribution < 1.29 is 9.90 Å². The number of hydrogen-bond acceptors (Lipinski definition) is 1. The lowest BCUT2D eigenvalue weighted by molar-refractivity contribution is -0.136. The second-order valence-corrected chi connectivity index (χ2v) is 4.20. The summed E-state index contributed by atoms with van der Waals surface area (Å²) in [6.07, 6.45) is 2.97. The van der Waals surface area contributed by atoms with Gasteiger partial charge in [-0.3, -0.25) is 4.79 Å². The van der Waals surface area contributed by atoms with Gasteiger partial charge in [0.1, 0.15) is 0 Å². The van der Waals surface area contributed by atoms with E-state index in [1.807, 2.05) is 18.2 Å². The number of carbonyl (C=O) groups is 1. The van der Waals surface area contributed by atoms with Crippen LogP contribution in [0.15, 0.2) is 18.2 Å².